The highest BCUT2D eigenvalue weighted by Gasteiger charge is 2.49. The van der Waals surface area contributed by atoms with Gasteiger partial charge in [0.15, 0.2) is 0 Å². The second kappa shape index (κ2) is 4.05. The van der Waals surface area contributed by atoms with Crippen molar-refractivity contribution in [2.24, 2.45) is 17.3 Å². The number of aliphatic hydroxyl groups is 1. The molecule has 0 aromatic carbocycles. The Labute approximate surface area is 93.8 Å². The Balaban J connectivity index is 1.71. The maximum Gasteiger partial charge on any atom is 0.307 e. The van der Waals surface area contributed by atoms with E-state index in [9.17, 15) is 9.59 Å². The Hall–Kier alpha value is -1.10. The summed E-state index contributed by atoms with van der Waals surface area (Å²) in [5.41, 5.74) is 0.0953. The monoisotopic (exact) mass is 227 g/mol. The standard InChI is InChI=1S/C11H17NO4/c13-4-3-11(1-2-11)6-12-9(14)7-5-8(7)10(15)16/h7-8,13H,1-6H2,(H,12,14)(H,15,16)/t7-,8+/m1/s1. The first-order chi connectivity index (χ1) is 7.58. The molecule has 2 aliphatic carbocycles. The lowest BCUT2D eigenvalue weighted by molar-refractivity contribution is -0.140. The van der Waals surface area contributed by atoms with Crippen LogP contribution in [0.25, 0.3) is 0 Å². The molecule has 0 aromatic heterocycles. The van der Waals surface area contributed by atoms with E-state index in [1.807, 2.05) is 0 Å². The lowest BCUT2D eigenvalue weighted by Crippen LogP contribution is -2.32. The van der Waals surface area contributed by atoms with Gasteiger partial charge in [-0.3, -0.25) is 9.59 Å². The molecule has 2 atom stereocenters. The van der Waals surface area contributed by atoms with Crippen LogP contribution in [0.3, 0.4) is 0 Å². The first kappa shape index (κ1) is 11.4. The summed E-state index contributed by atoms with van der Waals surface area (Å²) in [4.78, 5) is 22.1. The maximum atomic E-state index is 11.6. The quantitative estimate of drug-likeness (QED) is 0.595. The molecule has 16 heavy (non-hydrogen) atoms. The van der Waals surface area contributed by atoms with Crippen molar-refractivity contribution in [3.63, 3.8) is 0 Å². The van der Waals surface area contributed by atoms with Crippen molar-refractivity contribution in [1.29, 1.82) is 0 Å². The van der Waals surface area contributed by atoms with Crippen LogP contribution < -0.4 is 5.32 Å². The van der Waals surface area contributed by atoms with Gasteiger partial charge in [-0.1, -0.05) is 0 Å². The first-order valence-electron chi connectivity index (χ1n) is 5.69. The van der Waals surface area contributed by atoms with Crippen LogP contribution in [0.1, 0.15) is 25.7 Å². The molecule has 90 valence electrons. The number of carboxylic acids is 1. The predicted octanol–water partition coefficient (Wildman–Crippen LogP) is -0.0141. The molecule has 0 saturated heterocycles. The zero-order valence-corrected chi connectivity index (χ0v) is 9.11. The molecule has 2 saturated carbocycles. The van der Waals surface area contributed by atoms with Crippen LogP contribution in [0.15, 0.2) is 0 Å². The van der Waals surface area contributed by atoms with Crippen LogP contribution in [0.5, 0.6) is 0 Å². The summed E-state index contributed by atoms with van der Waals surface area (Å²) in [7, 11) is 0. The second-order valence-electron chi connectivity index (χ2n) is 4.98. The fourth-order valence-electron chi connectivity index (χ4n) is 2.09. The summed E-state index contributed by atoms with van der Waals surface area (Å²) in [6, 6.07) is 0. The molecule has 0 aliphatic heterocycles. The molecule has 2 rings (SSSR count). The van der Waals surface area contributed by atoms with Gasteiger partial charge in [0.1, 0.15) is 0 Å². The molecule has 0 unspecified atom stereocenters. The Bertz CT molecular complexity index is 311. The van der Waals surface area contributed by atoms with E-state index in [2.05, 4.69) is 5.32 Å². The Kier molecular flexibility index (Phi) is 2.88. The van der Waals surface area contributed by atoms with Gasteiger partial charge in [0.2, 0.25) is 5.91 Å². The molecule has 1 amide bonds. The first-order valence-corrected chi connectivity index (χ1v) is 5.69. The minimum Gasteiger partial charge on any atom is -0.481 e. The second-order valence-corrected chi connectivity index (χ2v) is 4.98. The zero-order chi connectivity index (χ0) is 11.8. The zero-order valence-electron chi connectivity index (χ0n) is 9.11. The summed E-state index contributed by atoms with van der Waals surface area (Å²) < 4.78 is 0. The minimum atomic E-state index is -0.878. The maximum absolute atomic E-state index is 11.6. The van der Waals surface area contributed by atoms with Gasteiger partial charge in [-0.05, 0) is 31.1 Å². The fourth-order valence-corrected chi connectivity index (χ4v) is 2.09. The summed E-state index contributed by atoms with van der Waals surface area (Å²) in [6.07, 6.45) is 3.27. The molecular formula is C11H17NO4. The van der Waals surface area contributed by atoms with Gasteiger partial charge in [-0.2, -0.15) is 0 Å². The van der Waals surface area contributed by atoms with Crippen molar-refractivity contribution in [1.82, 2.24) is 5.32 Å². The van der Waals surface area contributed by atoms with Crippen LogP contribution in [0.4, 0.5) is 0 Å². The van der Waals surface area contributed by atoms with Crippen LogP contribution in [0.2, 0.25) is 0 Å². The highest BCUT2D eigenvalue weighted by atomic mass is 16.4. The largest absolute Gasteiger partial charge is 0.481 e. The van der Waals surface area contributed by atoms with Gasteiger partial charge in [0.05, 0.1) is 11.8 Å². The molecule has 2 aliphatic rings. The van der Waals surface area contributed by atoms with Crippen molar-refractivity contribution in [3.05, 3.63) is 0 Å². The molecule has 0 aromatic rings. The molecule has 0 spiro atoms. The van der Waals surface area contributed by atoms with Crippen molar-refractivity contribution >= 4 is 11.9 Å². The van der Waals surface area contributed by atoms with E-state index in [4.69, 9.17) is 10.2 Å². The van der Waals surface area contributed by atoms with Crippen molar-refractivity contribution in [2.75, 3.05) is 13.2 Å². The Morgan fingerprint density at radius 3 is 2.44 bits per heavy atom. The number of aliphatic hydroxyl groups excluding tert-OH is 1. The van der Waals surface area contributed by atoms with Gasteiger partial charge in [0, 0.05) is 13.2 Å². The van der Waals surface area contributed by atoms with Gasteiger partial charge in [-0.25, -0.2) is 0 Å². The Morgan fingerprint density at radius 2 is 2.00 bits per heavy atom. The van der Waals surface area contributed by atoms with Crippen LogP contribution in [0, 0.1) is 17.3 Å². The molecule has 0 radical (unpaired) electrons. The lowest BCUT2D eigenvalue weighted by Gasteiger charge is -2.14. The number of hydrogen-bond donors (Lipinski definition) is 3. The SMILES string of the molecule is O=C(O)[C@H]1C[C@H]1C(=O)NCC1(CCO)CC1. The number of nitrogens with one attached hydrogen (secondary N) is 1. The number of carbonyl (C=O) groups excluding carboxylic acids is 1. The van der Waals surface area contributed by atoms with E-state index in [-0.39, 0.29) is 23.8 Å². The van der Waals surface area contributed by atoms with Crippen molar-refractivity contribution in [3.8, 4) is 0 Å². The predicted molar refractivity (Wildman–Crippen MR) is 55.6 cm³/mol. The molecular weight excluding hydrogens is 210 g/mol. The van der Waals surface area contributed by atoms with E-state index in [0.29, 0.717) is 13.0 Å². The van der Waals surface area contributed by atoms with E-state index >= 15 is 0 Å². The molecule has 3 N–H and O–H groups in total. The minimum absolute atomic E-state index is 0.0953. The number of carbonyl (C=O) groups is 2. The van der Waals surface area contributed by atoms with Crippen LogP contribution >= 0.6 is 0 Å². The van der Waals surface area contributed by atoms with Crippen LogP contribution in [-0.4, -0.2) is 35.2 Å². The molecule has 5 nitrogen and oxygen atoms in total. The average Bonchev–Trinajstić information content (AvgIpc) is 3.10. The van der Waals surface area contributed by atoms with Gasteiger partial charge in [-0.15, -0.1) is 0 Å². The molecule has 2 fully saturated rings. The summed E-state index contributed by atoms with van der Waals surface area (Å²) in [5, 5.41) is 20.3. The van der Waals surface area contributed by atoms with Gasteiger partial charge >= 0.3 is 5.97 Å². The van der Waals surface area contributed by atoms with E-state index in [1.54, 1.807) is 0 Å². The number of aliphatic carboxylic acids is 1. The van der Waals surface area contributed by atoms with E-state index in [1.165, 1.54) is 0 Å². The van der Waals surface area contributed by atoms with Crippen molar-refractivity contribution < 1.29 is 19.8 Å². The third kappa shape index (κ3) is 2.35. The highest BCUT2D eigenvalue weighted by Crippen LogP contribution is 2.48. The Morgan fingerprint density at radius 1 is 1.31 bits per heavy atom. The van der Waals surface area contributed by atoms with Gasteiger partial charge < -0.3 is 15.5 Å². The van der Waals surface area contributed by atoms with Gasteiger partial charge in [0.25, 0.3) is 0 Å². The van der Waals surface area contributed by atoms with Crippen molar-refractivity contribution in [2.45, 2.75) is 25.7 Å². The molecule has 5 heteroatoms. The molecule has 0 heterocycles. The summed E-state index contributed by atoms with van der Waals surface area (Å²) >= 11 is 0. The fraction of sp³-hybridized carbons (Fsp3) is 0.818. The third-order valence-electron chi connectivity index (χ3n) is 3.68. The number of hydrogen-bond acceptors (Lipinski definition) is 3. The summed E-state index contributed by atoms with van der Waals surface area (Å²) in [5.74, 6) is -1.83. The average molecular weight is 227 g/mol. The van der Waals surface area contributed by atoms with E-state index < -0.39 is 11.9 Å². The summed E-state index contributed by atoms with van der Waals surface area (Å²) in [6.45, 7) is 0.728. The smallest absolute Gasteiger partial charge is 0.307 e. The third-order valence-corrected chi connectivity index (χ3v) is 3.68. The normalized spacial score (nSPS) is 29.6. The van der Waals surface area contributed by atoms with E-state index in [0.717, 1.165) is 19.3 Å². The number of amides is 1. The number of rotatable bonds is 6. The molecule has 0 bridgehead atoms. The highest BCUT2D eigenvalue weighted by molar-refractivity contribution is 5.89. The number of carboxylic acid groups (broad SMARTS) is 1. The van der Waals surface area contributed by atoms with Crippen LogP contribution in [-0.2, 0) is 9.59 Å². The lowest BCUT2D eigenvalue weighted by atomic mass is 10.0. The topological polar surface area (TPSA) is 86.6 Å².